The SMILES string of the molecule is O=C(Nc1nc(-c2ccc(F)cc2F)cs1)C1CC1. The van der Waals surface area contributed by atoms with Crippen molar-refractivity contribution >= 4 is 22.4 Å². The molecule has 1 amide bonds. The molecule has 0 radical (unpaired) electrons. The number of nitrogens with one attached hydrogen (secondary N) is 1. The van der Waals surface area contributed by atoms with Crippen molar-refractivity contribution in [2.45, 2.75) is 12.8 Å². The molecule has 0 spiro atoms. The van der Waals surface area contributed by atoms with Gasteiger partial charge in [-0.05, 0) is 25.0 Å². The van der Waals surface area contributed by atoms with Gasteiger partial charge in [-0.25, -0.2) is 13.8 Å². The van der Waals surface area contributed by atoms with Crippen LogP contribution < -0.4 is 5.32 Å². The molecule has 2 aromatic rings. The van der Waals surface area contributed by atoms with Crippen molar-refractivity contribution in [3.05, 3.63) is 35.2 Å². The highest BCUT2D eigenvalue weighted by Crippen LogP contribution is 2.32. The van der Waals surface area contributed by atoms with E-state index in [9.17, 15) is 13.6 Å². The van der Waals surface area contributed by atoms with E-state index in [2.05, 4.69) is 10.3 Å². The summed E-state index contributed by atoms with van der Waals surface area (Å²) in [6, 6.07) is 3.34. The molecule has 1 heterocycles. The number of anilines is 1. The summed E-state index contributed by atoms with van der Waals surface area (Å²) < 4.78 is 26.4. The van der Waals surface area contributed by atoms with Gasteiger partial charge in [0.25, 0.3) is 0 Å². The number of halogens is 2. The Morgan fingerprint density at radius 2 is 2.16 bits per heavy atom. The number of thiazole rings is 1. The normalized spacial score (nSPS) is 14.4. The zero-order valence-corrected chi connectivity index (χ0v) is 10.6. The Morgan fingerprint density at radius 3 is 2.84 bits per heavy atom. The lowest BCUT2D eigenvalue weighted by Crippen LogP contribution is -2.12. The zero-order valence-electron chi connectivity index (χ0n) is 9.82. The lowest BCUT2D eigenvalue weighted by molar-refractivity contribution is -0.117. The van der Waals surface area contributed by atoms with Crippen LogP contribution in [-0.2, 0) is 4.79 Å². The largest absolute Gasteiger partial charge is 0.302 e. The van der Waals surface area contributed by atoms with Crippen LogP contribution in [0.5, 0.6) is 0 Å². The number of hydrogen-bond donors (Lipinski definition) is 1. The average Bonchev–Trinajstić information content (AvgIpc) is 3.11. The fourth-order valence-corrected chi connectivity index (χ4v) is 2.42. The van der Waals surface area contributed by atoms with Crippen LogP contribution in [-0.4, -0.2) is 10.9 Å². The van der Waals surface area contributed by atoms with Gasteiger partial charge < -0.3 is 5.32 Å². The van der Waals surface area contributed by atoms with E-state index in [1.807, 2.05) is 0 Å². The minimum atomic E-state index is -0.662. The molecule has 1 aromatic heterocycles. The molecule has 98 valence electrons. The molecule has 0 atom stereocenters. The minimum absolute atomic E-state index is 0.0412. The standard InChI is InChI=1S/C13H10F2N2OS/c14-8-3-4-9(10(15)5-8)11-6-19-13(16-11)17-12(18)7-1-2-7/h3-7H,1-2H2,(H,16,17,18). The molecular weight excluding hydrogens is 270 g/mol. The molecule has 3 rings (SSSR count). The quantitative estimate of drug-likeness (QED) is 0.935. The Balaban J connectivity index is 1.81. The molecule has 0 aliphatic heterocycles. The molecular formula is C13H10F2N2OS. The summed E-state index contributed by atoms with van der Waals surface area (Å²) >= 11 is 1.23. The smallest absolute Gasteiger partial charge is 0.229 e. The fraction of sp³-hybridized carbons (Fsp3) is 0.231. The molecule has 1 aliphatic carbocycles. The summed E-state index contributed by atoms with van der Waals surface area (Å²) in [5, 5.41) is 4.77. The van der Waals surface area contributed by atoms with Crippen molar-refractivity contribution in [3.8, 4) is 11.3 Å². The van der Waals surface area contributed by atoms with Gasteiger partial charge >= 0.3 is 0 Å². The number of amides is 1. The van der Waals surface area contributed by atoms with Gasteiger partial charge in [0, 0.05) is 22.9 Å². The Kier molecular flexibility index (Phi) is 3.02. The predicted molar refractivity (Wildman–Crippen MR) is 68.8 cm³/mol. The second-order valence-electron chi connectivity index (χ2n) is 4.43. The third kappa shape index (κ3) is 2.63. The van der Waals surface area contributed by atoms with Crippen molar-refractivity contribution in [2.75, 3.05) is 5.32 Å². The van der Waals surface area contributed by atoms with Gasteiger partial charge in [-0.1, -0.05) is 0 Å². The van der Waals surface area contributed by atoms with E-state index >= 15 is 0 Å². The maximum atomic E-state index is 13.6. The van der Waals surface area contributed by atoms with E-state index in [1.165, 1.54) is 23.5 Å². The van der Waals surface area contributed by atoms with Gasteiger partial charge in [0.15, 0.2) is 5.13 Å². The molecule has 1 aliphatic rings. The van der Waals surface area contributed by atoms with Crippen LogP contribution in [0.15, 0.2) is 23.6 Å². The summed E-state index contributed by atoms with van der Waals surface area (Å²) in [5.74, 6) is -1.24. The van der Waals surface area contributed by atoms with Crippen LogP contribution in [0.3, 0.4) is 0 Å². The van der Waals surface area contributed by atoms with Gasteiger partial charge in [0.1, 0.15) is 11.6 Å². The number of nitrogens with zero attached hydrogens (tertiary/aromatic N) is 1. The third-order valence-corrected chi connectivity index (χ3v) is 3.65. The van der Waals surface area contributed by atoms with Gasteiger partial charge in [0.05, 0.1) is 5.69 Å². The average molecular weight is 280 g/mol. The second-order valence-corrected chi connectivity index (χ2v) is 5.28. The first-order valence-corrected chi connectivity index (χ1v) is 6.73. The summed E-state index contributed by atoms with van der Waals surface area (Å²) in [6.45, 7) is 0. The van der Waals surface area contributed by atoms with Gasteiger partial charge in [-0.15, -0.1) is 11.3 Å². The monoisotopic (exact) mass is 280 g/mol. The third-order valence-electron chi connectivity index (χ3n) is 2.89. The van der Waals surface area contributed by atoms with Crippen LogP contribution in [0.1, 0.15) is 12.8 Å². The Bertz CT molecular complexity index is 637. The Hall–Kier alpha value is -1.82. The van der Waals surface area contributed by atoms with E-state index in [0.29, 0.717) is 10.8 Å². The summed E-state index contributed by atoms with van der Waals surface area (Å²) in [5.41, 5.74) is 0.623. The molecule has 6 heteroatoms. The highest BCUT2D eigenvalue weighted by atomic mass is 32.1. The van der Waals surface area contributed by atoms with Crippen LogP contribution in [0.2, 0.25) is 0 Å². The van der Waals surface area contributed by atoms with Gasteiger partial charge in [-0.3, -0.25) is 4.79 Å². The van der Waals surface area contributed by atoms with E-state index in [1.54, 1.807) is 5.38 Å². The lowest BCUT2D eigenvalue weighted by Gasteiger charge is -2.00. The van der Waals surface area contributed by atoms with E-state index < -0.39 is 11.6 Å². The van der Waals surface area contributed by atoms with E-state index in [4.69, 9.17) is 0 Å². The highest BCUT2D eigenvalue weighted by molar-refractivity contribution is 7.14. The topological polar surface area (TPSA) is 42.0 Å². The Labute approximate surface area is 112 Å². The second kappa shape index (κ2) is 4.70. The molecule has 1 aromatic carbocycles. The van der Waals surface area contributed by atoms with Crippen molar-refractivity contribution < 1.29 is 13.6 Å². The maximum absolute atomic E-state index is 13.6. The van der Waals surface area contributed by atoms with Crippen LogP contribution in [0.4, 0.5) is 13.9 Å². The number of benzene rings is 1. The maximum Gasteiger partial charge on any atom is 0.229 e. The number of hydrogen-bond acceptors (Lipinski definition) is 3. The molecule has 0 unspecified atom stereocenters. The molecule has 0 bridgehead atoms. The van der Waals surface area contributed by atoms with E-state index in [-0.39, 0.29) is 17.4 Å². The van der Waals surface area contributed by atoms with Crippen LogP contribution in [0.25, 0.3) is 11.3 Å². The van der Waals surface area contributed by atoms with Gasteiger partial charge in [0.2, 0.25) is 5.91 Å². The minimum Gasteiger partial charge on any atom is -0.302 e. The first kappa shape index (κ1) is 12.2. The zero-order chi connectivity index (χ0) is 13.4. The van der Waals surface area contributed by atoms with Crippen LogP contribution >= 0.6 is 11.3 Å². The fourth-order valence-electron chi connectivity index (χ4n) is 1.71. The molecule has 1 saturated carbocycles. The number of rotatable bonds is 3. The molecule has 3 nitrogen and oxygen atoms in total. The number of aromatic nitrogens is 1. The van der Waals surface area contributed by atoms with Crippen molar-refractivity contribution in [1.29, 1.82) is 0 Å². The summed E-state index contributed by atoms with van der Waals surface area (Å²) in [6.07, 6.45) is 1.83. The summed E-state index contributed by atoms with van der Waals surface area (Å²) in [4.78, 5) is 15.7. The Morgan fingerprint density at radius 1 is 1.37 bits per heavy atom. The lowest BCUT2D eigenvalue weighted by atomic mass is 10.1. The highest BCUT2D eigenvalue weighted by Gasteiger charge is 2.30. The number of carbonyl (C=O) groups excluding carboxylic acids is 1. The van der Waals surface area contributed by atoms with Crippen molar-refractivity contribution in [2.24, 2.45) is 5.92 Å². The molecule has 1 fully saturated rings. The van der Waals surface area contributed by atoms with Crippen LogP contribution in [0, 0.1) is 17.6 Å². The summed E-state index contributed by atoms with van der Waals surface area (Å²) in [7, 11) is 0. The molecule has 19 heavy (non-hydrogen) atoms. The molecule has 0 saturated heterocycles. The first-order chi connectivity index (χ1) is 9.13. The first-order valence-electron chi connectivity index (χ1n) is 5.85. The van der Waals surface area contributed by atoms with E-state index in [0.717, 1.165) is 18.9 Å². The molecule has 1 N–H and O–H groups in total. The predicted octanol–water partition coefficient (Wildman–Crippen LogP) is 3.44. The number of carbonyl (C=O) groups is 1. The van der Waals surface area contributed by atoms with Crippen molar-refractivity contribution in [1.82, 2.24) is 4.98 Å². The van der Waals surface area contributed by atoms with Gasteiger partial charge in [-0.2, -0.15) is 0 Å². The van der Waals surface area contributed by atoms with Crippen molar-refractivity contribution in [3.63, 3.8) is 0 Å².